The molecular weight excluding hydrogens is 486 g/mol. The fourth-order valence-corrected chi connectivity index (χ4v) is 3.75. The number of esters is 2. The summed E-state index contributed by atoms with van der Waals surface area (Å²) in [5.74, 6) is -1.31. The van der Waals surface area contributed by atoms with Crippen molar-refractivity contribution in [2.75, 3.05) is 11.9 Å². The quantitative estimate of drug-likeness (QED) is 0.339. The monoisotopic (exact) mass is 513 g/mol. The van der Waals surface area contributed by atoms with Crippen LogP contribution in [0, 0.1) is 13.8 Å². The average Bonchev–Trinajstić information content (AvgIpc) is 2.88. The summed E-state index contributed by atoms with van der Waals surface area (Å²) < 4.78 is 16.4. The lowest BCUT2D eigenvalue weighted by Crippen LogP contribution is -2.22. The number of fused-ring (bicyclic) bond motifs is 1. The fourth-order valence-electron chi connectivity index (χ4n) is 3.75. The van der Waals surface area contributed by atoms with Crippen LogP contribution >= 0.6 is 0 Å². The van der Waals surface area contributed by atoms with E-state index >= 15 is 0 Å². The first-order valence-corrected chi connectivity index (χ1v) is 12.0. The van der Waals surface area contributed by atoms with Crippen LogP contribution in [0.1, 0.15) is 51.4 Å². The van der Waals surface area contributed by atoms with Crippen LogP contribution in [0.4, 0.5) is 11.4 Å². The number of amides is 1. The number of hydrogen-bond donors (Lipinski definition) is 1. The summed E-state index contributed by atoms with van der Waals surface area (Å²) >= 11 is 0. The van der Waals surface area contributed by atoms with Crippen molar-refractivity contribution >= 4 is 40.2 Å². The highest BCUT2D eigenvalue weighted by molar-refractivity contribution is 6.05. The summed E-state index contributed by atoms with van der Waals surface area (Å²) in [6, 6.07) is 15.5. The zero-order chi connectivity index (χ0) is 27.2. The number of carbonyl (C=O) groups is 3. The third-order valence-electron chi connectivity index (χ3n) is 5.61. The molecule has 4 rings (SSSR count). The minimum absolute atomic E-state index is 0.0284. The zero-order valence-corrected chi connectivity index (χ0v) is 21.5. The molecule has 0 aliphatic rings. The molecular formula is C29H27N3O6. The Kier molecular flexibility index (Phi) is 7.96. The van der Waals surface area contributed by atoms with Crippen LogP contribution in [0.3, 0.4) is 0 Å². The molecule has 9 heteroatoms. The van der Waals surface area contributed by atoms with Crippen molar-refractivity contribution in [2.45, 2.75) is 34.3 Å². The number of aryl methyl sites for hydroxylation is 2. The molecule has 2 heterocycles. The Hall–Kier alpha value is -4.79. The van der Waals surface area contributed by atoms with Crippen molar-refractivity contribution in [1.82, 2.24) is 4.98 Å². The van der Waals surface area contributed by atoms with E-state index in [1.807, 2.05) is 25.1 Å². The maximum atomic E-state index is 13.5. The molecule has 0 spiro atoms. The molecule has 0 bridgehead atoms. The maximum absolute atomic E-state index is 13.5. The van der Waals surface area contributed by atoms with Crippen LogP contribution in [0.15, 0.2) is 70.2 Å². The second kappa shape index (κ2) is 11.5. The maximum Gasteiger partial charge on any atom is 0.338 e. The van der Waals surface area contributed by atoms with Gasteiger partial charge in [0.15, 0.2) is 5.58 Å². The normalized spacial score (nSPS) is 11.3. The molecule has 0 aliphatic heterocycles. The van der Waals surface area contributed by atoms with Gasteiger partial charge in [0.25, 0.3) is 5.91 Å². The summed E-state index contributed by atoms with van der Waals surface area (Å²) in [5, 5.41) is 3.47. The second-order valence-electron chi connectivity index (χ2n) is 8.56. The summed E-state index contributed by atoms with van der Waals surface area (Å²) in [6.07, 6.45) is 1.59. The van der Waals surface area contributed by atoms with Crippen molar-refractivity contribution in [3.8, 4) is 0 Å². The van der Waals surface area contributed by atoms with E-state index in [-0.39, 0.29) is 24.3 Å². The lowest BCUT2D eigenvalue weighted by molar-refractivity contribution is -0.142. The van der Waals surface area contributed by atoms with Gasteiger partial charge in [0, 0.05) is 29.8 Å². The van der Waals surface area contributed by atoms with Crippen molar-refractivity contribution in [3.63, 3.8) is 0 Å². The number of aromatic nitrogens is 1. The van der Waals surface area contributed by atoms with Crippen LogP contribution in [-0.4, -0.2) is 29.4 Å². The van der Waals surface area contributed by atoms with Gasteiger partial charge in [-0.25, -0.2) is 9.79 Å². The summed E-state index contributed by atoms with van der Waals surface area (Å²) in [5.41, 5.74) is 4.24. The smallest absolute Gasteiger partial charge is 0.338 e. The molecule has 2 aromatic heterocycles. The highest BCUT2D eigenvalue weighted by Crippen LogP contribution is 2.23. The molecule has 0 saturated carbocycles. The molecule has 38 heavy (non-hydrogen) atoms. The van der Waals surface area contributed by atoms with Crippen molar-refractivity contribution < 1.29 is 28.3 Å². The van der Waals surface area contributed by atoms with Gasteiger partial charge in [0.05, 0.1) is 23.6 Å². The predicted octanol–water partition coefficient (Wildman–Crippen LogP) is 5.17. The molecule has 0 fully saturated rings. The third kappa shape index (κ3) is 6.12. The number of carbonyl (C=O) groups excluding carboxylic acids is 3. The van der Waals surface area contributed by atoms with E-state index < -0.39 is 17.8 Å². The molecule has 0 saturated heterocycles. The SMILES string of the molecule is CCOC(=O)c1ccc(N=c2oc3c(C)ncc(COC(C)=O)c3cc2C(=O)Nc2cccc(C)c2)cc1. The Bertz CT molecular complexity index is 1590. The van der Waals surface area contributed by atoms with Gasteiger partial charge in [-0.2, -0.15) is 0 Å². The Balaban J connectivity index is 1.85. The number of hydrogen-bond acceptors (Lipinski definition) is 8. The van der Waals surface area contributed by atoms with Gasteiger partial charge < -0.3 is 19.2 Å². The highest BCUT2D eigenvalue weighted by atomic mass is 16.5. The fraction of sp³-hybridized carbons (Fsp3) is 0.207. The standard InChI is InChI=1S/C29H27N3O6/c1-5-36-29(35)20-9-11-22(12-10-20)32-28-25(27(34)31-23-8-6-7-17(2)13-23)14-24-21(16-37-19(4)33)15-30-18(3)26(24)38-28/h6-15H,5,16H2,1-4H3,(H,31,34). The first-order chi connectivity index (χ1) is 18.2. The predicted molar refractivity (Wildman–Crippen MR) is 141 cm³/mol. The number of benzene rings is 2. The van der Waals surface area contributed by atoms with E-state index in [1.54, 1.807) is 56.4 Å². The number of rotatable bonds is 7. The molecule has 1 N–H and O–H groups in total. The van der Waals surface area contributed by atoms with Crippen LogP contribution in [-0.2, 0) is 20.9 Å². The minimum Gasteiger partial charge on any atom is -0.462 e. The lowest BCUT2D eigenvalue weighted by atomic mass is 10.1. The summed E-state index contributed by atoms with van der Waals surface area (Å²) in [4.78, 5) is 45.8. The number of nitrogens with zero attached hydrogens (tertiary/aromatic N) is 2. The van der Waals surface area contributed by atoms with Gasteiger partial charge in [0.2, 0.25) is 5.55 Å². The van der Waals surface area contributed by atoms with Gasteiger partial charge in [-0.3, -0.25) is 14.6 Å². The first kappa shape index (κ1) is 26.3. The molecule has 9 nitrogen and oxygen atoms in total. The van der Waals surface area contributed by atoms with Crippen LogP contribution in [0.2, 0.25) is 0 Å². The second-order valence-corrected chi connectivity index (χ2v) is 8.56. The summed E-state index contributed by atoms with van der Waals surface area (Å²) in [7, 11) is 0. The molecule has 0 aliphatic carbocycles. The Morgan fingerprint density at radius 3 is 2.47 bits per heavy atom. The van der Waals surface area contributed by atoms with Gasteiger partial charge in [-0.15, -0.1) is 0 Å². The van der Waals surface area contributed by atoms with E-state index in [0.29, 0.717) is 39.2 Å². The van der Waals surface area contributed by atoms with Crippen molar-refractivity contribution in [2.24, 2.45) is 4.99 Å². The summed E-state index contributed by atoms with van der Waals surface area (Å²) in [6.45, 7) is 7.00. The van der Waals surface area contributed by atoms with Crippen LogP contribution in [0.5, 0.6) is 0 Å². The average molecular weight is 514 g/mol. The van der Waals surface area contributed by atoms with Gasteiger partial charge in [-0.1, -0.05) is 12.1 Å². The van der Waals surface area contributed by atoms with E-state index in [0.717, 1.165) is 5.56 Å². The molecule has 194 valence electrons. The number of ether oxygens (including phenoxy) is 2. The molecule has 0 unspecified atom stereocenters. The van der Waals surface area contributed by atoms with Gasteiger partial charge >= 0.3 is 11.9 Å². The Labute approximate surface area is 219 Å². The number of nitrogens with one attached hydrogen (secondary N) is 1. The lowest BCUT2D eigenvalue weighted by Gasteiger charge is -2.11. The van der Waals surface area contributed by atoms with Crippen LogP contribution < -0.4 is 10.9 Å². The number of anilines is 1. The van der Waals surface area contributed by atoms with Crippen LogP contribution in [0.25, 0.3) is 11.0 Å². The molecule has 1 amide bonds. The first-order valence-electron chi connectivity index (χ1n) is 12.0. The topological polar surface area (TPSA) is 120 Å². The minimum atomic E-state index is -0.439. The van der Waals surface area contributed by atoms with Crippen molar-refractivity contribution in [1.29, 1.82) is 0 Å². The molecule has 0 radical (unpaired) electrons. The van der Waals surface area contributed by atoms with E-state index in [9.17, 15) is 14.4 Å². The van der Waals surface area contributed by atoms with Gasteiger partial charge in [-0.05, 0) is 68.8 Å². The largest absolute Gasteiger partial charge is 0.462 e. The zero-order valence-electron chi connectivity index (χ0n) is 21.5. The van der Waals surface area contributed by atoms with E-state index in [4.69, 9.17) is 13.9 Å². The molecule has 0 atom stereocenters. The number of pyridine rings is 1. The molecule has 4 aromatic rings. The van der Waals surface area contributed by atoms with Gasteiger partial charge in [0.1, 0.15) is 12.2 Å². The Morgan fingerprint density at radius 1 is 1.03 bits per heavy atom. The Morgan fingerprint density at radius 2 is 1.79 bits per heavy atom. The van der Waals surface area contributed by atoms with E-state index in [1.165, 1.54) is 6.92 Å². The third-order valence-corrected chi connectivity index (χ3v) is 5.61. The van der Waals surface area contributed by atoms with E-state index in [2.05, 4.69) is 15.3 Å². The highest BCUT2D eigenvalue weighted by Gasteiger charge is 2.17. The van der Waals surface area contributed by atoms with Crippen molar-refractivity contribution in [3.05, 3.63) is 94.3 Å². The molecule has 2 aromatic carbocycles.